The van der Waals surface area contributed by atoms with Crippen LogP contribution in [-0.4, -0.2) is 12.7 Å². The van der Waals surface area contributed by atoms with Crippen LogP contribution < -0.4 is 0 Å². The molecule has 2 aliphatic rings. The van der Waals surface area contributed by atoms with Crippen LogP contribution in [0.15, 0.2) is 36.0 Å². The molecule has 1 heterocycles. The Balaban J connectivity index is 2.33. The van der Waals surface area contributed by atoms with Crippen LogP contribution in [0.4, 0.5) is 0 Å². The predicted octanol–water partition coefficient (Wildman–Crippen LogP) is 3.49. The molecule has 0 aromatic rings. The Morgan fingerprint density at radius 1 is 1.60 bits per heavy atom. The Hall–Kier alpha value is -0.820. The van der Waals surface area contributed by atoms with Crippen molar-refractivity contribution in [2.24, 2.45) is 11.3 Å². The first-order valence-corrected chi connectivity index (χ1v) is 5.67. The monoisotopic (exact) mass is 204 g/mol. The minimum atomic E-state index is 0.167. The maximum Gasteiger partial charge on any atom is 0.0845 e. The molecule has 0 aromatic heterocycles. The van der Waals surface area contributed by atoms with E-state index < -0.39 is 0 Å². The van der Waals surface area contributed by atoms with Crippen molar-refractivity contribution in [3.63, 3.8) is 0 Å². The Labute approximate surface area is 92.5 Å². The van der Waals surface area contributed by atoms with Gasteiger partial charge in [0.05, 0.1) is 12.7 Å². The zero-order chi connectivity index (χ0) is 11.1. The second-order valence-corrected chi connectivity index (χ2v) is 5.12. The molecule has 0 aromatic carbocycles. The molecule has 0 bridgehead atoms. The van der Waals surface area contributed by atoms with E-state index in [1.54, 1.807) is 0 Å². The molecule has 1 nitrogen and oxygen atoms in total. The van der Waals surface area contributed by atoms with E-state index in [-0.39, 0.29) is 11.5 Å². The van der Waals surface area contributed by atoms with Crippen molar-refractivity contribution in [2.75, 3.05) is 6.61 Å². The third-order valence-corrected chi connectivity index (χ3v) is 3.94. The summed E-state index contributed by atoms with van der Waals surface area (Å²) in [6.45, 7) is 11.4. The lowest BCUT2D eigenvalue weighted by molar-refractivity contribution is 0.113. The zero-order valence-corrected chi connectivity index (χ0v) is 9.92. The molecule has 0 radical (unpaired) electrons. The standard InChI is InChI=1S/C14H20O/c1-5-13-14(4)7-6-11(10(2)3)8-12(14)9-15-13/h5-7,12-13H,1,8-9H2,2-4H3/t12-,13-,14-/m1/s1. The summed E-state index contributed by atoms with van der Waals surface area (Å²) in [7, 11) is 0. The van der Waals surface area contributed by atoms with Gasteiger partial charge in [-0.2, -0.15) is 0 Å². The third kappa shape index (κ3) is 1.59. The van der Waals surface area contributed by atoms with Gasteiger partial charge in [-0.05, 0) is 31.8 Å². The van der Waals surface area contributed by atoms with Crippen molar-refractivity contribution in [1.82, 2.24) is 0 Å². The van der Waals surface area contributed by atoms with Crippen molar-refractivity contribution >= 4 is 0 Å². The average Bonchev–Trinajstić information content (AvgIpc) is 2.53. The van der Waals surface area contributed by atoms with E-state index in [9.17, 15) is 0 Å². The molecule has 1 aliphatic heterocycles. The van der Waals surface area contributed by atoms with Gasteiger partial charge in [0, 0.05) is 5.41 Å². The van der Waals surface area contributed by atoms with Gasteiger partial charge in [0.25, 0.3) is 0 Å². The fourth-order valence-corrected chi connectivity index (χ4v) is 2.63. The lowest BCUT2D eigenvalue weighted by Gasteiger charge is -2.34. The molecule has 0 amide bonds. The minimum absolute atomic E-state index is 0.167. The molecule has 15 heavy (non-hydrogen) atoms. The Bertz CT molecular complexity index is 333. The molecular weight excluding hydrogens is 184 g/mol. The highest BCUT2D eigenvalue weighted by molar-refractivity contribution is 5.32. The summed E-state index contributed by atoms with van der Waals surface area (Å²) in [6.07, 6.45) is 7.88. The minimum Gasteiger partial charge on any atom is -0.373 e. The number of hydrogen-bond donors (Lipinski definition) is 0. The summed E-state index contributed by atoms with van der Waals surface area (Å²) in [5, 5.41) is 0. The summed E-state index contributed by atoms with van der Waals surface area (Å²) < 4.78 is 5.79. The normalized spacial score (nSPS) is 39.0. The number of hydrogen-bond acceptors (Lipinski definition) is 1. The van der Waals surface area contributed by atoms with Gasteiger partial charge in [-0.3, -0.25) is 0 Å². The van der Waals surface area contributed by atoms with E-state index in [1.807, 2.05) is 6.08 Å². The van der Waals surface area contributed by atoms with Gasteiger partial charge in [0.2, 0.25) is 0 Å². The molecule has 0 saturated carbocycles. The molecule has 0 N–H and O–H groups in total. The van der Waals surface area contributed by atoms with Crippen LogP contribution >= 0.6 is 0 Å². The van der Waals surface area contributed by atoms with E-state index in [4.69, 9.17) is 4.74 Å². The number of allylic oxidation sites excluding steroid dienone is 3. The van der Waals surface area contributed by atoms with Crippen molar-refractivity contribution in [2.45, 2.75) is 33.3 Å². The first-order chi connectivity index (χ1) is 7.08. The average molecular weight is 204 g/mol. The topological polar surface area (TPSA) is 9.23 Å². The van der Waals surface area contributed by atoms with Crippen LogP contribution in [0.2, 0.25) is 0 Å². The first-order valence-electron chi connectivity index (χ1n) is 5.67. The van der Waals surface area contributed by atoms with Gasteiger partial charge in [-0.15, -0.1) is 6.58 Å². The molecule has 0 unspecified atom stereocenters. The Kier molecular flexibility index (Phi) is 2.59. The summed E-state index contributed by atoms with van der Waals surface area (Å²) in [4.78, 5) is 0. The van der Waals surface area contributed by atoms with E-state index in [1.165, 1.54) is 11.1 Å². The van der Waals surface area contributed by atoms with Crippen LogP contribution in [0.3, 0.4) is 0 Å². The highest BCUT2D eigenvalue weighted by Crippen LogP contribution is 2.47. The van der Waals surface area contributed by atoms with Crippen molar-refractivity contribution in [1.29, 1.82) is 0 Å². The van der Waals surface area contributed by atoms with Crippen LogP contribution in [0.1, 0.15) is 27.2 Å². The molecule has 82 valence electrons. The molecule has 3 atom stereocenters. The third-order valence-electron chi connectivity index (χ3n) is 3.94. The maximum absolute atomic E-state index is 5.79. The fraction of sp³-hybridized carbons (Fsp3) is 0.571. The van der Waals surface area contributed by atoms with Gasteiger partial charge >= 0.3 is 0 Å². The second kappa shape index (κ2) is 3.64. The molecule has 1 heteroatoms. The van der Waals surface area contributed by atoms with E-state index in [0.29, 0.717) is 5.92 Å². The Morgan fingerprint density at radius 2 is 2.33 bits per heavy atom. The fourth-order valence-electron chi connectivity index (χ4n) is 2.63. The van der Waals surface area contributed by atoms with Gasteiger partial charge in [0.15, 0.2) is 0 Å². The van der Waals surface area contributed by atoms with E-state index in [2.05, 4.69) is 39.5 Å². The van der Waals surface area contributed by atoms with Crippen LogP contribution in [-0.2, 0) is 4.74 Å². The lowest BCUT2D eigenvalue weighted by atomic mass is 9.68. The smallest absolute Gasteiger partial charge is 0.0845 e. The quantitative estimate of drug-likeness (QED) is 0.594. The van der Waals surface area contributed by atoms with Gasteiger partial charge in [-0.1, -0.05) is 30.7 Å². The van der Waals surface area contributed by atoms with Crippen molar-refractivity contribution in [3.8, 4) is 0 Å². The van der Waals surface area contributed by atoms with Crippen LogP contribution in [0.5, 0.6) is 0 Å². The summed E-state index contributed by atoms with van der Waals surface area (Å²) in [5.41, 5.74) is 3.07. The van der Waals surface area contributed by atoms with Crippen LogP contribution in [0, 0.1) is 11.3 Å². The molecular formula is C14H20O. The van der Waals surface area contributed by atoms with E-state index in [0.717, 1.165) is 13.0 Å². The number of ether oxygens (including phenoxy) is 1. The number of rotatable bonds is 1. The van der Waals surface area contributed by atoms with Gasteiger partial charge in [-0.25, -0.2) is 0 Å². The number of fused-ring (bicyclic) bond motifs is 1. The van der Waals surface area contributed by atoms with Crippen molar-refractivity contribution in [3.05, 3.63) is 36.0 Å². The second-order valence-electron chi connectivity index (χ2n) is 5.12. The SMILES string of the molecule is C=C[C@H]1OC[C@H]2CC(=C(C)C)C=C[C@]21C. The highest BCUT2D eigenvalue weighted by Gasteiger charge is 2.46. The summed E-state index contributed by atoms with van der Waals surface area (Å²) in [5.74, 6) is 0.621. The summed E-state index contributed by atoms with van der Waals surface area (Å²) >= 11 is 0. The molecule has 0 spiro atoms. The van der Waals surface area contributed by atoms with Gasteiger partial charge < -0.3 is 4.74 Å². The van der Waals surface area contributed by atoms with Gasteiger partial charge in [0.1, 0.15) is 0 Å². The highest BCUT2D eigenvalue weighted by atomic mass is 16.5. The molecule has 1 fully saturated rings. The zero-order valence-electron chi connectivity index (χ0n) is 9.92. The Morgan fingerprint density at radius 3 is 2.93 bits per heavy atom. The predicted molar refractivity (Wildman–Crippen MR) is 63.7 cm³/mol. The molecule has 2 rings (SSSR count). The molecule has 1 saturated heterocycles. The molecule has 1 aliphatic carbocycles. The lowest BCUT2D eigenvalue weighted by Crippen LogP contribution is -2.32. The summed E-state index contributed by atoms with van der Waals surface area (Å²) in [6, 6.07) is 0. The van der Waals surface area contributed by atoms with E-state index >= 15 is 0 Å². The first kappa shape index (κ1) is 10.7. The largest absolute Gasteiger partial charge is 0.373 e. The van der Waals surface area contributed by atoms with Crippen molar-refractivity contribution < 1.29 is 4.74 Å². The van der Waals surface area contributed by atoms with Crippen LogP contribution in [0.25, 0.3) is 0 Å². The maximum atomic E-state index is 5.79.